The molecule has 0 saturated heterocycles. The van der Waals surface area contributed by atoms with E-state index in [0.29, 0.717) is 4.47 Å². The molecule has 3 nitrogen and oxygen atoms in total. The lowest BCUT2D eigenvalue weighted by molar-refractivity contribution is 0.286. The molecule has 0 spiro atoms. The Morgan fingerprint density at radius 2 is 2.14 bits per heavy atom. The highest BCUT2D eigenvalue weighted by Crippen LogP contribution is 2.22. The predicted molar refractivity (Wildman–Crippen MR) is 87.1 cm³/mol. The van der Waals surface area contributed by atoms with Crippen molar-refractivity contribution in [2.24, 2.45) is 0 Å². The van der Waals surface area contributed by atoms with E-state index in [2.05, 4.69) is 47.0 Å². The van der Waals surface area contributed by atoms with Gasteiger partial charge in [-0.05, 0) is 39.0 Å². The number of rotatable bonds is 5. The number of aromatic nitrogens is 1. The second kappa shape index (κ2) is 6.85. The van der Waals surface area contributed by atoms with Gasteiger partial charge in [-0.2, -0.15) is 0 Å². The standard InChI is InChI=1S/C15H18BrFN2OS/c1-15(2,3)18-7-14-19-11(9-21-14)8-20-13-5-4-10(16)6-12(13)17/h4-6,9,18H,7-8H2,1-3H3. The fourth-order valence-electron chi connectivity index (χ4n) is 1.58. The van der Waals surface area contributed by atoms with Crippen molar-refractivity contribution in [2.75, 3.05) is 0 Å². The summed E-state index contributed by atoms with van der Waals surface area (Å²) in [5, 5.41) is 6.32. The summed E-state index contributed by atoms with van der Waals surface area (Å²) >= 11 is 4.79. The molecule has 1 N–H and O–H groups in total. The van der Waals surface area contributed by atoms with E-state index in [4.69, 9.17) is 4.74 Å². The summed E-state index contributed by atoms with van der Waals surface area (Å²) in [6.45, 7) is 7.33. The van der Waals surface area contributed by atoms with Gasteiger partial charge in [0, 0.05) is 21.9 Å². The quantitative estimate of drug-likeness (QED) is 0.837. The van der Waals surface area contributed by atoms with Gasteiger partial charge in [-0.15, -0.1) is 11.3 Å². The van der Waals surface area contributed by atoms with Crippen molar-refractivity contribution in [3.05, 3.63) is 44.6 Å². The van der Waals surface area contributed by atoms with E-state index in [9.17, 15) is 4.39 Å². The summed E-state index contributed by atoms with van der Waals surface area (Å²) in [6, 6.07) is 4.74. The van der Waals surface area contributed by atoms with E-state index in [1.54, 1.807) is 23.5 Å². The highest BCUT2D eigenvalue weighted by atomic mass is 79.9. The molecule has 2 rings (SSSR count). The van der Waals surface area contributed by atoms with Crippen molar-refractivity contribution < 1.29 is 9.13 Å². The van der Waals surface area contributed by atoms with E-state index in [0.717, 1.165) is 17.2 Å². The van der Waals surface area contributed by atoms with Crippen LogP contribution in [0.1, 0.15) is 31.5 Å². The molecule has 0 amide bonds. The Morgan fingerprint density at radius 3 is 2.81 bits per heavy atom. The van der Waals surface area contributed by atoms with Gasteiger partial charge in [0.2, 0.25) is 0 Å². The minimum Gasteiger partial charge on any atom is -0.484 e. The maximum Gasteiger partial charge on any atom is 0.166 e. The van der Waals surface area contributed by atoms with Gasteiger partial charge in [-0.25, -0.2) is 9.37 Å². The third-order valence-corrected chi connectivity index (χ3v) is 4.03. The van der Waals surface area contributed by atoms with Gasteiger partial charge in [0.1, 0.15) is 11.6 Å². The lowest BCUT2D eigenvalue weighted by Gasteiger charge is -2.19. The third kappa shape index (κ3) is 5.37. The Morgan fingerprint density at radius 1 is 1.38 bits per heavy atom. The van der Waals surface area contributed by atoms with Crippen LogP contribution in [0.2, 0.25) is 0 Å². The highest BCUT2D eigenvalue weighted by Gasteiger charge is 2.11. The first-order valence-corrected chi connectivity index (χ1v) is 8.27. The molecule has 0 radical (unpaired) electrons. The molecule has 0 aliphatic rings. The Labute approximate surface area is 136 Å². The van der Waals surface area contributed by atoms with E-state index in [-0.39, 0.29) is 23.7 Å². The second-order valence-electron chi connectivity index (χ2n) is 5.70. The molecule has 114 valence electrons. The average molecular weight is 373 g/mol. The molecule has 0 bridgehead atoms. The first kappa shape index (κ1) is 16.4. The summed E-state index contributed by atoms with van der Waals surface area (Å²) in [5.74, 6) is -0.144. The van der Waals surface area contributed by atoms with Crippen LogP contribution in [0.3, 0.4) is 0 Å². The minimum atomic E-state index is -0.380. The van der Waals surface area contributed by atoms with Crippen LogP contribution in [-0.2, 0) is 13.2 Å². The smallest absolute Gasteiger partial charge is 0.166 e. The molecule has 0 atom stereocenters. The number of hydrogen-bond acceptors (Lipinski definition) is 4. The van der Waals surface area contributed by atoms with Crippen molar-refractivity contribution in [3.8, 4) is 5.75 Å². The second-order valence-corrected chi connectivity index (χ2v) is 7.56. The van der Waals surface area contributed by atoms with Crippen molar-refractivity contribution in [1.82, 2.24) is 10.3 Å². The molecule has 0 aliphatic heterocycles. The molecule has 0 saturated carbocycles. The number of hydrogen-bond donors (Lipinski definition) is 1. The SMILES string of the molecule is CC(C)(C)NCc1nc(COc2ccc(Br)cc2F)cs1. The van der Waals surface area contributed by atoms with Gasteiger partial charge < -0.3 is 10.1 Å². The Bertz CT molecular complexity index is 610. The molecular weight excluding hydrogens is 355 g/mol. The normalized spacial score (nSPS) is 11.7. The van der Waals surface area contributed by atoms with Gasteiger partial charge in [-0.1, -0.05) is 15.9 Å². The first-order valence-electron chi connectivity index (χ1n) is 6.60. The Balaban J connectivity index is 1.90. The minimum absolute atomic E-state index is 0.0584. The van der Waals surface area contributed by atoms with E-state index in [1.165, 1.54) is 6.07 Å². The number of ether oxygens (including phenoxy) is 1. The Hall–Kier alpha value is -0.980. The monoisotopic (exact) mass is 372 g/mol. The fourth-order valence-corrected chi connectivity index (χ4v) is 2.63. The number of nitrogens with one attached hydrogen (secondary N) is 1. The van der Waals surface area contributed by atoms with Crippen LogP contribution >= 0.6 is 27.3 Å². The van der Waals surface area contributed by atoms with Crippen molar-refractivity contribution in [3.63, 3.8) is 0 Å². The Kier molecular flexibility index (Phi) is 5.35. The van der Waals surface area contributed by atoms with Crippen LogP contribution in [0.4, 0.5) is 4.39 Å². The number of nitrogens with zero attached hydrogens (tertiary/aromatic N) is 1. The number of halogens is 2. The number of thiazole rings is 1. The molecule has 1 aromatic heterocycles. The molecule has 0 fully saturated rings. The maximum absolute atomic E-state index is 13.6. The van der Waals surface area contributed by atoms with E-state index < -0.39 is 0 Å². The van der Waals surface area contributed by atoms with Gasteiger partial charge >= 0.3 is 0 Å². The molecule has 2 aromatic rings. The van der Waals surface area contributed by atoms with Crippen LogP contribution < -0.4 is 10.1 Å². The van der Waals surface area contributed by atoms with Crippen LogP contribution in [0.5, 0.6) is 5.75 Å². The van der Waals surface area contributed by atoms with Crippen molar-refractivity contribution >= 4 is 27.3 Å². The van der Waals surface area contributed by atoms with Gasteiger partial charge in [0.15, 0.2) is 11.6 Å². The lowest BCUT2D eigenvalue weighted by atomic mass is 10.1. The zero-order chi connectivity index (χ0) is 15.5. The topological polar surface area (TPSA) is 34.2 Å². The van der Waals surface area contributed by atoms with Crippen molar-refractivity contribution in [1.29, 1.82) is 0 Å². The fraction of sp³-hybridized carbons (Fsp3) is 0.400. The molecule has 0 unspecified atom stereocenters. The van der Waals surface area contributed by atoms with Crippen LogP contribution in [0, 0.1) is 5.82 Å². The summed E-state index contributed by atoms with van der Waals surface area (Å²) in [4.78, 5) is 4.47. The zero-order valence-electron chi connectivity index (χ0n) is 12.2. The summed E-state index contributed by atoms with van der Waals surface area (Å²) < 4.78 is 19.8. The molecular formula is C15H18BrFN2OS. The average Bonchev–Trinajstić information content (AvgIpc) is 2.82. The summed E-state index contributed by atoms with van der Waals surface area (Å²) in [6.07, 6.45) is 0. The largest absolute Gasteiger partial charge is 0.484 e. The van der Waals surface area contributed by atoms with Crippen LogP contribution in [-0.4, -0.2) is 10.5 Å². The van der Waals surface area contributed by atoms with Gasteiger partial charge in [0.05, 0.1) is 5.69 Å². The summed E-state index contributed by atoms with van der Waals surface area (Å²) in [7, 11) is 0. The van der Waals surface area contributed by atoms with E-state index in [1.807, 2.05) is 5.38 Å². The van der Waals surface area contributed by atoms with Crippen molar-refractivity contribution in [2.45, 2.75) is 39.5 Å². The van der Waals surface area contributed by atoms with Gasteiger partial charge in [0.25, 0.3) is 0 Å². The lowest BCUT2D eigenvalue weighted by Crippen LogP contribution is -2.35. The molecule has 1 heterocycles. The van der Waals surface area contributed by atoms with Gasteiger partial charge in [-0.3, -0.25) is 0 Å². The third-order valence-electron chi connectivity index (χ3n) is 2.64. The highest BCUT2D eigenvalue weighted by molar-refractivity contribution is 9.10. The summed E-state index contributed by atoms with van der Waals surface area (Å²) in [5.41, 5.74) is 0.871. The predicted octanol–water partition coefficient (Wildman–Crippen LogP) is 4.51. The molecule has 0 aliphatic carbocycles. The molecule has 21 heavy (non-hydrogen) atoms. The molecule has 1 aromatic carbocycles. The van der Waals surface area contributed by atoms with Crippen LogP contribution in [0.25, 0.3) is 0 Å². The number of benzene rings is 1. The zero-order valence-corrected chi connectivity index (χ0v) is 14.6. The first-order chi connectivity index (χ1) is 9.83. The maximum atomic E-state index is 13.6. The van der Waals surface area contributed by atoms with E-state index >= 15 is 0 Å². The van der Waals surface area contributed by atoms with Crippen LogP contribution in [0.15, 0.2) is 28.1 Å². The molecule has 6 heteroatoms.